The molecule has 5 nitrogen and oxygen atoms in total. The molecule has 1 aromatic carbocycles. The second-order valence-electron chi connectivity index (χ2n) is 3.85. The molecule has 0 atom stereocenters. The Balaban J connectivity index is 1.94. The highest BCUT2D eigenvalue weighted by atomic mass is 35.5. The largest absolute Gasteiger partial charge is 0.399 e. The molecule has 6 heteroatoms. The van der Waals surface area contributed by atoms with Gasteiger partial charge in [0.2, 0.25) is 0 Å². The summed E-state index contributed by atoms with van der Waals surface area (Å²) in [5.74, 6) is 0. The van der Waals surface area contributed by atoms with E-state index in [4.69, 9.17) is 17.3 Å². The first-order chi connectivity index (χ1) is 8.66. The van der Waals surface area contributed by atoms with Crippen molar-refractivity contribution < 1.29 is 0 Å². The average molecular weight is 265 g/mol. The number of nitrogens with one attached hydrogen (secondary N) is 2. The number of H-pyrrole nitrogens is 1. The van der Waals surface area contributed by atoms with E-state index in [0.29, 0.717) is 12.2 Å². The standard InChI is InChI=1S/C12H13ClN4O/c13-11-10(7-16-17-12(11)18)15-6-5-8-1-3-9(14)4-2-8/h1-4,7H,5-6,14H2,(H2,15,17,18). The van der Waals surface area contributed by atoms with Crippen LogP contribution in [0.3, 0.4) is 0 Å². The number of aromatic amines is 1. The minimum absolute atomic E-state index is 0.127. The first kappa shape index (κ1) is 12.4. The SMILES string of the molecule is Nc1ccc(CCNc2cn[nH]c(=O)c2Cl)cc1. The molecule has 1 heterocycles. The Hall–Kier alpha value is -2.01. The minimum atomic E-state index is -0.394. The molecule has 0 aliphatic heterocycles. The van der Waals surface area contributed by atoms with Gasteiger partial charge < -0.3 is 11.1 Å². The van der Waals surface area contributed by atoms with Crippen LogP contribution in [-0.2, 0) is 6.42 Å². The second-order valence-corrected chi connectivity index (χ2v) is 4.22. The number of benzene rings is 1. The molecule has 0 bridgehead atoms. The second kappa shape index (κ2) is 5.55. The summed E-state index contributed by atoms with van der Waals surface area (Å²) in [6.07, 6.45) is 2.30. The highest BCUT2D eigenvalue weighted by molar-refractivity contribution is 6.32. The van der Waals surface area contributed by atoms with Crippen molar-refractivity contribution in [2.75, 3.05) is 17.6 Å². The summed E-state index contributed by atoms with van der Waals surface area (Å²) in [4.78, 5) is 11.2. The zero-order chi connectivity index (χ0) is 13.0. The molecule has 2 rings (SSSR count). The van der Waals surface area contributed by atoms with Crippen LogP contribution in [0.5, 0.6) is 0 Å². The van der Waals surface area contributed by atoms with Crippen molar-refractivity contribution in [2.24, 2.45) is 0 Å². The molecule has 2 aromatic rings. The normalized spacial score (nSPS) is 10.3. The van der Waals surface area contributed by atoms with E-state index in [2.05, 4.69) is 15.5 Å². The molecular formula is C12H13ClN4O. The van der Waals surface area contributed by atoms with Gasteiger partial charge in [-0.3, -0.25) is 4.79 Å². The lowest BCUT2D eigenvalue weighted by atomic mass is 10.1. The molecule has 0 amide bonds. The van der Waals surface area contributed by atoms with Crippen LogP contribution in [0.2, 0.25) is 5.02 Å². The number of nitrogens with two attached hydrogens (primary N) is 1. The molecule has 18 heavy (non-hydrogen) atoms. The van der Waals surface area contributed by atoms with Crippen molar-refractivity contribution in [1.29, 1.82) is 0 Å². The Morgan fingerprint density at radius 3 is 2.78 bits per heavy atom. The number of hydrogen-bond acceptors (Lipinski definition) is 4. The van der Waals surface area contributed by atoms with Crippen LogP contribution in [0.1, 0.15) is 5.56 Å². The quantitative estimate of drug-likeness (QED) is 0.734. The number of hydrogen-bond donors (Lipinski definition) is 3. The topological polar surface area (TPSA) is 83.8 Å². The maximum Gasteiger partial charge on any atom is 0.285 e. The summed E-state index contributed by atoms with van der Waals surface area (Å²) < 4.78 is 0. The molecular weight excluding hydrogens is 252 g/mol. The Kier molecular flexibility index (Phi) is 3.84. The first-order valence-electron chi connectivity index (χ1n) is 5.48. The van der Waals surface area contributed by atoms with Gasteiger partial charge in [0.1, 0.15) is 5.02 Å². The van der Waals surface area contributed by atoms with E-state index in [1.807, 2.05) is 24.3 Å². The highest BCUT2D eigenvalue weighted by Crippen LogP contribution is 2.14. The van der Waals surface area contributed by atoms with Gasteiger partial charge in [0.15, 0.2) is 0 Å². The van der Waals surface area contributed by atoms with Gasteiger partial charge in [-0.2, -0.15) is 5.10 Å². The van der Waals surface area contributed by atoms with Crippen molar-refractivity contribution in [1.82, 2.24) is 10.2 Å². The van der Waals surface area contributed by atoms with E-state index in [1.165, 1.54) is 6.20 Å². The van der Waals surface area contributed by atoms with Crippen molar-refractivity contribution >= 4 is 23.0 Å². The zero-order valence-electron chi connectivity index (χ0n) is 9.61. The van der Waals surface area contributed by atoms with E-state index in [9.17, 15) is 4.79 Å². The van der Waals surface area contributed by atoms with Crippen molar-refractivity contribution in [2.45, 2.75) is 6.42 Å². The third kappa shape index (κ3) is 3.01. The lowest BCUT2D eigenvalue weighted by Crippen LogP contribution is -2.13. The van der Waals surface area contributed by atoms with Crippen LogP contribution in [0, 0.1) is 0 Å². The molecule has 1 aromatic heterocycles. The summed E-state index contributed by atoms with van der Waals surface area (Å²) in [5.41, 5.74) is 7.65. The van der Waals surface area contributed by atoms with Crippen LogP contribution in [-0.4, -0.2) is 16.7 Å². The van der Waals surface area contributed by atoms with Crippen molar-refractivity contribution in [3.63, 3.8) is 0 Å². The van der Waals surface area contributed by atoms with Crippen LogP contribution in [0.25, 0.3) is 0 Å². The monoisotopic (exact) mass is 264 g/mol. The highest BCUT2D eigenvalue weighted by Gasteiger charge is 2.03. The number of nitrogen functional groups attached to an aromatic ring is 1. The van der Waals surface area contributed by atoms with Crippen molar-refractivity contribution in [3.05, 3.63) is 51.4 Å². The van der Waals surface area contributed by atoms with E-state index in [-0.39, 0.29) is 5.02 Å². The molecule has 0 radical (unpaired) electrons. The molecule has 94 valence electrons. The molecule has 0 aliphatic carbocycles. The molecule has 0 spiro atoms. The van der Waals surface area contributed by atoms with Gasteiger partial charge in [-0.15, -0.1) is 0 Å². The summed E-state index contributed by atoms with van der Waals surface area (Å²) in [7, 11) is 0. The van der Waals surface area contributed by atoms with Crippen LogP contribution >= 0.6 is 11.6 Å². The Bertz CT molecular complexity index is 579. The average Bonchev–Trinajstić information content (AvgIpc) is 2.37. The van der Waals surface area contributed by atoms with Gasteiger partial charge in [-0.1, -0.05) is 23.7 Å². The Morgan fingerprint density at radius 2 is 2.06 bits per heavy atom. The van der Waals surface area contributed by atoms with Crippen LogP contribution in [0.4, 0.5) is 11.4 Å². The fraction of sp³-hybridized carbons (Fsp3) is 0.167. The molecule has 0 unspecified atom stereocenters. The van der Waals surface area contributed by atoms with E-state index < -0.39 is 5.56 Å². The number of nitrogens with zero attached hydrogens (tertiary/aromatic N) is 1. The summed E-state index contributed by atoms with van der Waals surface area (Å²) in [6, 6.07) is 7.65. The van der Waals surface area contributed by atoms with Gasteiger partial charge in [0.25, 0.3) is 5.56 Å². The lowest BCUT2D eigenvalue weighted by Gasteiger charge is -2.07. The predicted molar refractivity (Wildman–Crippen MR) is 72.9 cm³/mol. The summed E-state index contributed by atoms with van der Waals surface area (Å²) >= 11 is 5.83. The number of anilines is 2. The number of rotatable bonds is 4. The van der Waals surface area contributed by atoms with Gasteiger partial charge >= 0.3 is 0 Å². The third-order valence-electron chi connectivity index (χ3n) is 2.50. The molecule has 0 saturated heterocycles. The smallest absolute Gasteiger partial charge is 0.285 e. The third-order valence-corrected chi connectivity index (χ3v) is 2.88. The molecule has 4 N–H and O–H groups in total. The van der Waals surface area contributed by atoms with Gasteiger partial charge in [-0.25, -0.2) is 5.10 Å². The summed E-state index contributed by atoms with van der Waals surface area (Å²) in [5, 5.41) is 9.14. The maximum atomic E-state index is 11.2. The molecule has 0 fully saturated rings. The Labute approximate surface area is 109 Å². The molecule has 0 saturated carbocycles. The fourth-order valence-electron chi connectivity index (χ4n) is 1.53. The maximum absolute atomic E-state index is 11.2. The summed E-state index contributed by atoms with van der Waals surface area (Å²) in [6.45, 7) is 0.661. The zero-order valence-corrected chi connectivity index (χ0v) is 10.4. The number of aromatic nitrogens is 2. The van der Waals surface area contributed by atoms with E-state index in [0.717, 1.165) is 17.7 Å². The van der Waals surface area contributed by atoms with E-state index in [1.54, 1.807) is 0 Å². The van der Waals surface area contributed by atoms with Crippen molar-refractivity contribution in [3.8, 4) is 0 Å². The van der Waals surface area contributed by atoms with Crippen LogP contribution in [0.15, 0.2) is 35.3 Å². The predicted octanol–water partition coefficient (Wildman–Crippen LogP) is 1.66. The van der Waals surface area contributed by atoms with Gasteiger partial charge in [0, 0.05) is 12.2 Å². The van der Waals surface area contributed by atoms with Gasteiger partial charge in [0.05, 0.1) is 11.9 Å². The first-order valence-corrected chi connectivity index (χ1v) is 5.86. The van der Waals surface area contributed by atoms with Gasteiger partial charge in [-0.05, 0) is 24.1 Å². The number of halogens is 1. The minimum Gasteiger partial charge on any atom is -0.399 e. The van der Waals surface area contributed by atoms with E-state index >= 15 is 0 Å². The molecule has 0 aliphatic rings. The van der Waals surface area contributed by atoms with Crippen LogP contribution < -0.4 is 16.6 Å². The Morgan fingerprint density at radius 1 is 1.33 bits per heavy atom. The fourth-order valence-corrected chi connectivity index (χ4v) is 1.69. The lowest BCUT2D eigenvalue weighted by molar-refractivity contribution is 0.969.